The summed E-state index contributed by atoms with van der Waals surface area (Å²) in [6.45, 7) is 2.38. The molecule has 0 N–H and O–H groups in total. The van der Waals surface area contributed by atoms with Gasteiger partial charge in [-0.05, 0) is 40.7 Å². The molecule has 2 aromatic rings. The zero-order valence-electron chi connectivity index (χ0n) is 16.9. The van der Waals surface area contributed by atoms with Crippen LogP contribution >= 0.6 is 0 Å². The van der Waals surface area contributed by atoms with Crippen LogP contribution in [0.4, 0.5) is 0 Å². The van der Waals surface area contributed by atoms with Gasteiger partial charge in [-0.2, -0.15) is 19.8 Å². The van der Waals surface area contributed by atoms with Gasteiger partial charge in [0.1, 0.15) is 0 Å². The second-order valence-corrected chi connectivity index (χ2v) is 8.27. The number of rotatable bonds is 6. The largest absolute Gasteiger partial charge is 3.00 e. The van der Waals surface area contributed by atoms with Gasteiger partial charge in [-0.25, -0.2) is 0 Å². The van der Waals surface area contributed by atoms with E-state index in [9.17, 15) is 0 Å². The molecule has 0 nitrogen and oxygen atoms in total. The van der Waals surface area contributed by atoms with Crippen LogP contribution in [0.5, 0.6) is 0 Å². The molecule has 0 aromatic heterocycles. The van der Waals surface area contributed by atoms with Gasteiger partial charge in [-0.3, -0.25) is 0 Å². The Hall–Kier alpha value is -0.617. The Labute approximate surface area is 207 Å². The van der Waals surface area contributed by atoms with E-state index < -0.39 is 0 Å². The molecule has 0 saturated heterocycles. The van der Waals surface area contributed by atoms with E-state index in [0.29, 0.717) is 11.8 Å². The molecule has 3 aliphatic rings. The van der Waals surface area contributed by atoms with E-state index in [1.54, 1.807) is 28.2 Å². The third-order valence-corrected chi connectivity index (χ3v) is 6.76. The summed E-state index contributed by atoms with van der Waals surface area (Å²) in [4.78, 5) is 0. The van der Waals surface area contributed by atoms with E-state index in [0.717, 1.165) is 0 Å². The Kier molecular flexibility index (Phi) is 9.02. The quantitative estimate of drug-likeness (QED) is 0.524. The maximum atomic E-state index is 2.40. The van der Waals surface area contributed by atoms with Crippen molar-refractivity contribution in [1.29, 1.82) is 0 Å². The summed E-state index contributed by atoms with van der Waals surface area (Å²) in [6, 6.07) is 18.0. The van der Waals surface area contributed by atoms with Gasteiger partial charge < -0.3 is 30.7 Å². The van der Waals surface area contributed by atoms with Crippen LogP contribution in [0.15, 0.2) is 60.2 Å². The van der Waals surface area contributed by atoms with Crippen molar-refractivity contribution in [2.45, 2.75) is 57.3 Å². The van der Waals surface area contributed by atoms with Crippen molar-refractivity contribution in [1.82, 2.24) is 0 Å². The van der Waals surface area contributed by atoms with Gasteiger partial charge in [0.2, 0.25) is 0 Å². The van der Waals surface area contributed by atoms with Crippen molar-refractivity contribution in [3.8, 4) is 0 Å². The van der Waals surface area contributed by atoms with Gasteiger partial charge in [0.05, 0.1) is 0 Å². The SMILES string of the molecule is C[C-](CCC1C=Cc2ccccc21)CCC1C2=C(CC2)c2ccccc21.[Cl-].[Cl-].[Zr+3]. The van der Waals surface area contributed by atoms with Crippen LogP contribution in [0, 0.1) is 5.92 Å². The van der Waals surface area contributed by atoms with Crippen LogP contribution in [-0.2, 0) is 26.2 Å². The van der Waals surface area contributed by atoms with E-state index in [-0.39, 0.29) is 51.0 Å². The van der Waals surface area contributed by atoms with Crippen molar-refractivity contribution < 1.29 is 51.0 Å². The van der Waals surface area contributed by atoms with Crippen LogP contribution < -0.4 is 24.8 Å². The van der Waals surface area contributed by atoms with Gasteiger partial charge in [-0.1, -0.05) is 79.1 Å². The van der Waals surface area contributed by atoms with Gasteiger partial charge in [0, 0.05) is 11.8 Å². The van der Waals surface area contributed by atoms with Crippen molar-refractivity contribution >= 4 is 11.6 Å². The first-order chi connectivity index (χ1) is 12.8. The third kappa shape index (κ3) is 4.68. The van der Waals surface area contributed by atoms with Crippen molar-refractivity contribution in [3.63, 3.8) is 0 Å². The summed E-state index contributed by atoms with van der Waals surface area (Å²) in [5.41, 5.74) is 9.54. The van der Waals surface area contributed by atoms with Gasteiger partial charge in [0.25, 0.3) is 0 Å². The molecule has 2 aromatic carbocycles. The Bertz CT molecular complexity index is 899. The van der Waals surface area contributed by atoms with Gasteiger partial charge >= 0.3 is 26.2 Å². The third-order valence-electron chi connectivity index (χ3n) is 6.76. The fraction of sp³-hybridized carbons (Fsp3) is 0.346. The first-order valence-corrected chi connectivity index (χ1v) is 10.2. The molecule has 3 heteroatoms. The van der Waals surface area contributed by atoms with Crippen LogP contribution in [0.3, 0.4) is 0 Å². The molecule has 29 heavy (non-hydrogen) atoms. The summed E-state index contributed by atoms with van der Waals surface area (Å²) >= 11 is 0. The maximum absolute atomic E-state index is 2.40. The van der Waals surface area contributed by atoms with Crippen LogP contribution in [0.2, 0.25) is 0 Å². The molecule has 0 aliphatic heterocycles. The number of fused-ring (bicyclic) bond motifs is 3. The summed E-state index contributed by atoms with van der Waals surface area (Å²) in [5.74, 6) is 3.00. The molecule has 3 aliphatic carbocycles. The molecule has 0 spiro atoms. The second kappa shape index (κ2) is 10.6. The second-order valence-electron chi connectivity index (χ2n) is 8.27. The molecule has 5 rings (SSSR count). The van der Waals surface area contributed by atoms with E-state index in [1.165, 1.54) is 49.7 Å². The first kappa shape index (κ1) is 24.7. The van der Waals surface area contributed by atoms with Gasteiger partial charge in [-0.15, -0.1) is 0 Å². The fourth-order valence-electron chi connectivity index (χ4n) is 5.17. The molecule has 1 radical (unpaired) electrons. The normalized spacial score (nSPS) is 20.1. The molecular weight excluding hydrogens is 474 g/mol. The number of halogens is 2. The van der Waals surface area contributed by atoms with Gasteiger partial charge in [0.15, 0.2) is 0 Å². The molecule has 0 heterocycles. The Morgan fingerprint density at radius 2 is 1.55 bits per heavy atom. The van der Waals surface area contributed by atoms with E-state index in [1.807, 2.05) is 0 Å². The van der Waals surface area contributed by atoms with Crippen molar-refractivity contribution in [3.05, 3.63) is 88.4 Å². The summed E-state index contributed by atoms with van der Waals surface area (Å²) in [6.07, 6.45) is 12.4. The number of hydrogen-bond acceptors (Lipinski definition) is 0. The van der Waals surface area contributed by atoms with E-state index in [2.05, 4.69) is 67.6 Å². The van der Waals surface area contributed by atoms with E-state index in [4.69, 9.17) is 0 Å². The Balaban J connectivity index is 0.000001000. The predicted octanol–water partition coefficient (Wildman–Crippen LogP) is 1.30. The van der Waals surface area contributed by atoms with Crippen LogP contribution in [-0.4, -0.2) is 0 Å². The zero-order chi connectivity index (χ0) is 17.5. The smallest absolute Gasteiger partial charge is 1.00 e. The van der Waals surface area contributed by atoms with E-state index >= 15 is 0 Å². The van der Waals surface area contributed by atoms with Crippen LogP contribution in [0.25, 0.3) is 11.6 Å². The molecule has 2 atom stereocenters. The minimum Gasteiger partial charge on any atom is -1.00 e. The van der Waals surface area contributed by atoms with Crippen LogP contribution in [0.1, 0.15) is 79.5 Å². The van der Waals surface area contributed by atoms with Crippen molar-refractivity contribution in [2.75, 3.05) is 0 Å². The summed E-state index contributed by atoms with van der Waals surface area (Å²) in [7, 11) is 0. The average Bonchev–Trinajstić information content (AvgIpc) is 3.14. The molecule has 0 bridgehead atoms. The number of benzene rings is 2. The predicted molar refractivity (Wildman–Crippen MR) is 111 cm³/mol. The Morgan fingerprint density at radius 1 is 0.862 bits per heavy atom. The minimum absolute atomic E-state index is 0. The molecule has 0 saturated carbocycles. The van der Waals surface area contributed by atoms with Crippen molar-refractivity contribution in [2.24, 2.45) is 0 Å². The monoisotopic (exact) mass is 499 g/mol. The zero-order valence-corrected chi connectivity index (χ0v) is 20.9. The molecule has 2 unspecified atom stereocenters. The standard InChI is InChI=1S/C26H27.2ClH.Zr/c1-18(10-12-20-14-13-19-6-2-3-7-21(19)20)11-15-24-22-8-4-5-9-23(22)25-16-17-26(24)25;;;/h2-9,13-14,20,24H,10-12,15-17H2,1H3;2*1H;/q-1;;;+3/p-2. The summed E-state index contributed by atoms with van der Waals surface area (Å²) in [5, 5.41) is 0. The molecular formula is C26H27Cl2Zr. The average molecular weight is 502 g/mol. The maximum Gasteiger partial charge on any atom is 3.00 e. The Morgan fingerprint density at radius 3 is 2.31 bits per heavy atom. The number of allylic oxidation sites excluding steroid dienone is 3. The summed E-state index contributed by atoms with van der Waals surface area (Å²) < 4.78 is 0. The molecule has 149 valence electrons. The fourth-order valence-corrected chi connectivity index (χ4v) is 5.17. The number of hydrogen-bond donors (Lipinski definition) is 0. The molecule has 0 fully saturated rings. The minimum atomic E-state index is 0. The first-order valence-electron chi connectivity index (χ1n) is 10.2. The molecule has 0 amide bonds. The topological polar surface area (TPSA) is 0 Å².